The van der Waals surface area contributed by atoms with Crippen LogP contribution in [0.15, 0.2) is 72.8 Å². The minimum atomic E-state index is -0.0330. The Hall–Kier alpha value is -1.86. The van der Waals surface area contributed by atoms with Crippen molar-refractivity contribution < 1.29 is 10.2 Å². The second kappa shape index (κ2) is 19.3. The Morgan fingerprint density at radius 1 is 0.500 bits per heavy atom. The number of nitrogens with one attached hydrogen (secondary N) is 2. The minimum Gasteiger partial charge on any atom is -0.504 e. The van der Waals surface area contributed by atoms with Crippen molar-refractivity contribution in [2.75, 3.05) is 26.2 Å². The predicted octanol–water partition coefficient (Wildman–Crippen LogP) is 6.56. The predicted molar refractivity (Wildman–Crippen MR) is 162 cm³/mol. The number of hydrogen-bond acceptors (Lipinski definition) is 4. The third-order valence-electron chi connectivity index (χ3n) is 6.33. The second-order valence-corrected chi connectivity index (χ2v) is 8.96. The fourth-order valence-corrected chi connectivity index (χ4v) is 4.30. The van der Waals surface area contributed by atoms with E-state index in [2.05, 4.69) is 53.1 Å². The van der Waals surface area contributed by atoms with E-state index in [1.165, 1.54) is 36.8 Å². The lowest BCUT2D eigenvalue weighted by Crippen LogP contribution is -2.20. The summed E-state index contributed by atoms with van der Waals surface area (Å²) in [5.74, 6) is 0.000125. The summed E-state index contributed by atoms with van der Waals surface area (Å²) in [5, 5.41) is 27.5. The number of aromatic hydroxyl groups is 2. The Kier molecular flexibility index (Phi) is 17.2. The molecule has 0 saturated carbocycles. The average molecular weight is 622 g/mol. The van der Waals surface area contributed by atoms with E-state index in [1.807, 2.05) is 24.3 Å². The molecule has 0 aliphatic carbocycles. The largest absolute Gasteiger partial charge is 0.504 e. The number of hydrogen-bond donors (Lipinski definition) is 4. The Labute approximate surface area is 238 Å². The molecule has 0 bridgehead atoms. The van der Waals surface area contributed by atoms with Crippen LogP contribution in [0.25, 0.3) is 0 Å². The molecule has 0 heterocycles. The zero-order valence-electron chi connectivity index (χ0n) is 21.1. The molecule has 0 aliphatic heterocycles. The number of benzene rings is 3. The number of rotatable bonds is 16. The van der Waals surface area contributed by atoms with Crippen LogP contribution in [0.3, 0.4) is 0 Å². The van der Waals surface area contributed by atoms with E-state index in [9.17, 15) is 10.2 Å². The maximum atomic E-state index is 10.4. The van der Waals surface area contributed by atoms with Gasteiger partial charge in [-0.1, -0.05) is 79.6 Å². The van der Waals surface area contributed by atoms with E-state index in [1.54, 1.807) is 6.07 Å². The summed E-state index contributed by atoms with van der Waals surface area (Å²) in [5.41, 5.74) is 4.61. The van der Waals surface area contributed by atoms with E-state index in [0.717, 1.165) is 63.0 Å². The van der Waals surface area contributed by atoms with Crippen LogP contribution in [-0.2, 0) is 25.7 Å². The first-order valence-electron chi connectivity index (χ1n) is 12.8. The van der Waals surface area contributed by atoms with E-state index < -0.39 is 0 Å². The highest BCUT2D eigenvalue weighted by Gasteiger charge is 2.12. The Morgan fingerprint density at radius 3 is 1.61 bits per heavy atom. The number of aryl methyl sites for hydroxylation is 1. The number of phenols is 2. The maximum Gasteiger partial charge on any atom is 0.160 e. The van der Waals surface area contributed by atoms with Crippen LogP contribution in [-0.4, -0.2) is 36.4 Å². The Morgan fingerprint density at radius 2 is 1.03 bits per heavy atom. The van der Waals surface area contributed by atoms with Gasteiger partial charge in [0.05, 0.1) is 0 Å². The van der Waals surface area contributed by atoms with Gasteiger partial charge in [-0.15, -0.1) is 34.0 Å². The molecule has 0 unspecified atom stereocenters. The normalized spacial score (nSPS) is 10.4. The number of phenolic OH excluding ortho intramolecular Hbond substituents is 2. The molecule has 3 aromatic carbocycles. The van der Waals surface area contributed by atoms with Crippen molar-refractivity contribution in [3.63, 3.8) is 0 Å². The van der Waals surface area contributed by atoms with E-state index in [4.69, 9.17) is 0 Å². The van der Waals surface area contributed by atoms with Crippen LogP contribution in [0, 0.1) is 0 Å². The molecule has 6 heteroatoms. The first kappa shape index (κ1) is 32.2. The molecule has 3 rings (SSSR count). The molecule has 0 aliphatic rings. The third kappa shape index (κ3) is 11.9. The van der Waals surface area contributed by atoms with E-state index in [0.29, 0.717) is 0 Å². The molecule has 0 fully saturated rings. The molecule has 0 amide bonds. The molecule has 0 saturated heterocycles. The van der Waals surface area contributed by atoms with Crippen LogP contribution in [0.2, 0.25) is 0 Å². The lowest BCUT2D eigenvalue weighted by molar-refractivity contribution is 0.398. The van der Waals surface area contributed by atoms with Crippen LogP contribution < -0.4 is 10.6 Å². The van der Waals surface area contributed by atoms with Crippen LogP contribution in [0.4, 0.5) is 0 Å². The fraction of sp³-hybridized carbons (Fsp3) is 0.400. The fourth-order valence-electron chi connectivity index (χ4n) is 4.30. The molecular formula is C30H42Br2N2O2. The summed E-state index contributed by atoms with van der Waals surface area (Å²) < 4.78 is 0. The first-order chi connectivity index (χ1) is 16.7. The summed E-state index contributed by atoms with van der Waals surface area (Å²) in [6.07, 6.45) is 8.43. The molecule has 0 spiro atoms. The smallest absolute Gasteiger partial charge is 0.160 e. The van der Waals surface area contributed by atoms with Crippen molar-refractivity contribution in [3.05, 3.63) is 95.1 Å². The summed E-state index contributed by atoms with van der Waals surface area (Å²) in [7, 11) is 0. The van der Waals surface area contributed by atoms with Crippen molar-refractivity contribution in [1.82, 2.24) is 10.6 Å². The van der Waals surface area contributed by atoms with Crippen LogP contribution in [0.5, 0.6) is 11.5 Å². The van der Waals surface area contributed by atoms with E-state index in [-0.39, 0.29) is 45.5 Å². The number of halogens is 2. The van der Waals surface area contributed by atoms with Crippen molar-refractivity contribution in [1.29, 1.82) is 0 Å². The molecule has 36 heavy (non-hydrogen) atoms. The summed E-state index contributed by atoms with van der Waals surface area (Å²) in [4.78, 5) is 0. The highest BCUT2D eigenvalue weighted by Crippen LogP contribution is 2.32. The summed E-state index contributed by atoms with van der Waals surface area (Å²) in [6, 6.07) is 24.5. The third-order valence-corrected chi connectivity index (χ3v) is 6.33. The lowest BCUT2D eigenvalue weighted by atomic mass is 9.96. The van der Waals surface area contributed by atoms with Gasteiger partial charge in [0.25, 0.3) is 0 Å². The van der Waals surface area contributed by atoms with Gasteiger partial charge in [-0.2, -0.15) is 0 Å². The van der Waals surface area contributed by atoms with Gasteiger partial charge < -0.3 is 20.8 Å². The molecule has 198 valence electrons. The highest BCUT2D eigenvalue weighted by atomic mass is 79.9. The zero-order valence-corrected chi connectivity index (χ0v) is 24.6. The number of unbranched alkanes of at least 4 members (excludes halogenated alkanes) is 3. The van der Waals surface area contributed by atoms with Gasteiger partial charge >= 0.3 is 0 Å². The summed E-state index contributed by atoms with van der Waals surface area (Å²) in [6.45, 7) is 4.04. The average Bonchev–Trinajstić information content (AvgIpc) is 2.87. The van der Waals surface area contributed by atoms with Gasteiger partial charge in [0, 0.05) is 5.56 Å². The van der Waals surface area contributed by atoms with Crippen molar-refractivity contribution in [2.24, 2.45) is 0 Å². The molecule has 0 aromatic heterocycles. The van der Waals surface area contributed by atoms with Crippen molar-refractivity contribution in [3.8, 4) is 11.5 Å². The van der Waals surface area contributed by atoms with Gasteiger partial charge in [-0.25, -0.2) is 0 Å². The van der Waals surface area contributed by atoms with Gasteiger partial charge in [-0.3, -0.25) is 0 Å². The topological polar surface area (TPSA) is 64.5 Å². The van der Waals surface area contributed by atoms with Crippen molar-refractivity contribution >= 4 is 34.0 Å². The zero-order chi connectivity index (χ0) is 23.8. The molecule has 4 nitrogen and oxygen atoms in total. The van der Waals surface area contributed by atoms with Gasteiger partial charge in [0.1, 0.15) is 0 Å². The SMILES string of the molecule is Br.Br.Oc1ccc(CCNCCCCCCNCCc2ccccc2)c(CCc2ccccc2)c1O. The molecule has 0 atom stereocenters. The second-order valence-electron chi connectivity index (χ2n) is 8.96. The quantitative estimate of drug-likeness (QED) is 0.108. The maximum absolute atomic E-state index is 10.4. The van der Waals surface area contributed by atoms with Gasteiger partial charge in [-0.05, 0) is 87.5 Å². The van der Waals surface area contributed by atoms with E-state index >= 15 is 0 Å². The minimum absolute atomic E-state index is 0. The van der Waals surface area contributed by atoms with Crippen LogP contribution in [0.1, 0.15) is 47.9 Å². The molecule has 0 radical (unpaired) electrons. The monoisotopic (exact) mass is 620 g/mol. The first-order valence-corrected chi connectivity index (χ1v) is 12.8. The molecule has 4 N–H and O–H groups in total. The van der Waals surface area contributed by atoms with Gasteiger partial charge in [0.15, 0.2) is 11.5 Å². The van der Waals surface area contributed by atoms with Gasteiger partial charge in [0.2, 0.25) is 0 Å². The van der Waals surface area contributed by atoms with Crippen molar-refractivity contribution in [2.45, 2.75) is 51.4 Å². The molecule has 3 aromatic rings. The Bertz CT molecular complexity index is 956. The van der Waals surface area contributed by atoms with Crippen LogP contribution >= 0.6 is 34.0 Å². The highest BCUT2D eigenvalue weighted by molar-refractivity contribution is 8.93. The standard InChI is InChI=1S/C30H40N2O2.2BrH/c33-29-18-16-27(28(30(29)34)17-15-25-11-5-3-6-12-25)20-24-32-22-10-2-1-9-21-31-23-19-26-13-7-4-8-14-26;;/h3-8,11-14,16,18,31-34H,1-2,9-10,15,17,19-24H2;2*1H. The lowest BCUT2D eigenvalue weighted by Gasteiger charge is -2.13. The molecular weight excluding hydrogens is 580 g/mol. The summed E-state index contributed by atoms with van der Waals surface area (Å²) >= 11 is 0. The Balaban J connectivity index is 0.00000324.